The molecule has 8 nitrogen and oxygen atoms in total. The molecule has 3 aliphatic heterocycles. The summed E-state index contributed by atoms with van der Waals surface area (Å²) in [6.07, 6.45) is -10.2. The summed E-state index contributed by atoms with van der Waals surface area (Å²) in [6, 6.07) is 6.75. The van der Waals surface area contributed by atoms with Gasteiger partial charge in [0.15, 0.2) is 6.17 Å². The Balaban J connectivity index is 1.43. The van der Waals surface area contributed by atoms with Gasteiger partial charge >= 0.3 is 12.4 Å². The molecule has 1 aromatic carbocycles. The Labute approximate surface area is 206 Å². The average molecular weight is 537 g/mol. The van der Waals surface area contributed by atoms with Crippen molar-refractivity contribution in [2.75, 3.05) is 44.7 Å². The van der Waals surface area contributed by atoms with Crippen LogP contribution in [0.4, 0.5) is 32.0 Å². The maximum Gasteiger partial charge on any atom is 0.432 e. The third-order valence-electron chi connectivity index (χ3n) is 5.81. The molecule has 196 valence electrons. The molecule has 2 unspecified atom stereocenters. The first-order valence-electron chi connectivity index (χ1n) is 10.8. The molecule has 2 N–H and O–H groups in total. The van der Waals surface area contributed by atoms with Crippen LogP contribution in [0.15, 0.2) is 39.9 Å². The first-order valence-corrected chi connectivity index (χ1v) is 11.7. The van der Waals surface area contributed by atoms with E-state index in [9.17, 15) is 35.9 Å². The standard InChI is InChI=1S/C21H22F6N6O2S/c1-31-6-8-32(9-7-31)13-4-2-12(3-5-13)17(34)30-16-19-33(11-29-16)15(21(25,26)27)14(36-19)18(35)28-10-20(22,23)24/h2-5,11,16,19H,6-10H2,1H3,(H,28,35)(H,30,34). The third-order valence-corrected chi connectivity index (χ3v) is 7.15. The van der Waals surface area contributed by atoms with Crippen molar-refractivity contribution in [3.63, 3.8) is 0 Å². The Morgan fingerprint density at radius 2 is 1.67 bits per heavy atom. The van der Waals surface area contributed by atoms with Gasteiger partial charge in [-0.3, -0.25) is 9.59 Å². The highest BCUT2D eigenvalue weighted by Gasteiger charge is 2.53. The minimum absolute atomic E-state index is 0.261. The smallest absolute Gasteiger partial charge is 0.369 e. The van der Waals surface area contributed by atoms with E-state index in [-0.39, 0.29) is 5.56 Å². The van der Waals surface area contributed by atoms with Gasteiger partial charge in [-0.15, -0.1) is 0 Å². The number of rotatable bonds is 5. The van der Waals surface area contributed by atoms with Gasteiger partial charge in [-0.2, -0.15) is 26.3 Å². The van der Waals surface area contributed by atoms with E-state index in [1.54, 1.807) is 24.3 Å². The molecule has 3 aliphatic rings. The summed E-state index contributed by atoms with van der Waals surface area (Å²) in [6.45, 7) is 1.70. The number of amides is 2. The van der Waals surface area contributed by atoms with Crippen LogP contribution >= 0.6 is 11.8 Å². The van der Waals surface area contributed by atoms with Crippen molar-refractivity contribution in [2.24, 2.45) is 4.99 Å². The first kappa shape index (κ1) is 26.1. The number of allylic oxidation sites excluding steroid dienone is 1. The molecule has 0 spiro atoms. The molecule has 1 fully saturated rings. The van der Waals surface area contributed by atoms with Gasteiger partial charge < -0.3 is 25.3 Å². The van der Waals surface area contributed by atoms with Gasteiger partial charge in [-0.05, 0) is 31.3 Å². The van der Waals surface area contributed by atoms with Gasteiger partial charge in [0.1, 0.15) is 22.5 Å². The van der Waals surface area contributed by atoms with Gasteiger partial charge in [0.25, 0.3) is 11.8 Å². The maximum atomic E-state index is 13.7. The van der Waals surface area contributed by atoms with Crippen LogP contribution in [0.25, 0.3) is 0 Å². The number of nitrogens with zero attached hydrogens (tertiary/aromatic N) is 4. The van der Waals surface area contributed by atoms with Crippen molar-refractivity contribution in [3.8, 4) is 0 Å². The lowest BCUT2D eigenvalue weighted by Gasteiger charge is -2.34. The summed E-state index contributed by atoms with van der Waals surface area (Å²) in [4.78, 5) is 32.9. The molecule has 2 atom stereocenters. The molecule has 15 heteroatoms. The Morgan fingerprint density at radius 1 is 1.03 bits per heavy atom. The minimum Gasteiger partial charge on any atom is -0.369 e. The van der Waals surface area contributed by atoms with Gasteiger partial charge in [0.2, 0.25) is 0 Å². The highest BCUT2D eigenvalue weighted by atomic mass is 32.2. The Hall–Kier alpha value is -2.94. The van der Waals surface area contributed by atoms with Crippen molar-refractivity contribution >= 4 is 35.6 Å². The molecule has 0 saturated carbocycles. The number of thioether (sulfide) groups is 1. The van der Waals surface area contributed by atoms with Crippen LogP contribution in [0.1, 0.15) is 10.4 Å². The Bertz CT molecular complexity index is 1070. The zero-order chi connectivity index (χ0) is 26.3. The Morgan fingerprint density at radius 3 is 2.25 bits per heavy atom. The number of aliphatic imine (C=N–C) groups is 1. The highest BCUT2D eigenvalue weighted by molar-refractivity contribution is 8.04. The summed E-state index contributed by atoms with van der Waals surface area (Å²) in [5, 5.41) is 2.82. The fraction of sp³-hybridized carbons (Fsp3) is 0.476. The SMILES string of the molecule is CN1CCN(c2ccc(C(=O)NC3N=CN4C(C(F)(F)F)=C(C(=O)NCC(F)(F)F)SC34)cc2)CC1. The lowest BCUT2D eigenvalue weighted by atomic mass is 10.1. The van der Waals surface area contributed by atoms with Crippen molar-refractivity contribution in [2.45, 2.75) is 23.9 Å². The number of alkyl halides is 6. The van der Waals surface area contributed by atoms with E-state index >= 15 is 0 Å². The molecule has 4 rings (SSSR count). The third kappa shape index (κ3) is 5.72. The second-order valence-electron chi connectivity index (χ2n) is 8.41. The molecule has 0 aliphatic carbocycles. The number of hydrogen-bond acceptors (Lipinski definition) is 7. The molecule has 2 amide bonds. The van der Waals surface area contributed by atoms with Crippen LogP contribution < -0.4 is 15.5 Å². The zero-order valence-electron chi connectivity index (χ0n) is 18.9. The largest absolute Gasteiger partial charge is 0.432 e. The van der Waals surface area contributed by atoms with Crippen LogP contribution in [0, 0.1) is 0 Å². The number of hydrogen-bond donors (Lipinski definition) is 2. The van der Waals surface area contributed by atoms with E-state index in [4.69, 9.17) is 0 Å². The van der Waals surface area contributed by atoms with Gasteiger partial charge in [0, 0.05) is 37.4 Å². The summed E-state index contributed by atoms with van der Waals surface area (Å²) in [5.74, 6) is -2.09. The van der Waals surface area contributed by atoms with Crippen LogP contribution in [0.2, 0.25) is 0 Å². The van der Waals surface area contributed by atoms with E-state index in [0.717, 1.165) is 38.2 Å². The number of piperazine rings is 1. The molecule has 1 saturated heterocycles. The predicted octanol–water partition coefficient (Wildman–Crippen LogP) is 2.36. The van der Waals surface area contributed by atoms with E-state index in [0.29, 0.717) is 16.7 Å². The second-order valence-corrected chi connectivity index (χ2v) is 9.54. The number of likely N-dealkylation sites (N-methyl/N-ethyl adjacent to an activating group) is 1. The number of benzene rings is 1. The second kappa shape index (κ2) is 9.84. The van der Waals surface area contributed by atoms with Gasteiger partial charge in [0.05, 0.1) is 6.34 Å². The van der Waals surface area contributed by atoms with Crippen molar-refractivity contribution in [3.05, 3.63) is 40.4 Å². The maximum absolute atomic E-state index is 13.7. The summed E-state index contributed by atoms with van der Waals surface area (Å²) in [7, 11) is 2.03. The van der Waals surface area contributed by atoms with E-state index in [2.05, 4.69) is 20.1 Å². The molecular formula is C21H22F6N6O2S. The van der Waals surface area contributed by atoms with Gasteiger partial charge in [-0.25, -0.2) is 4.99 Å². The van der Waals surface area contributed by atoms with E-state index < -0.39 is 52.9 Å². The fourth-order valence-electron chi connectivity index (χ4n) is 3.95. The first-order chi connectivity index (χ1) is 16.8. The van der Waals surface area contributed by atoms with Crippen LogP contribution in [0.5, 0.6) is 0 Å². The topological polar surface area (TPSA) is 80.3 Å². The molecular weight excluding hydrogens is 514 g/mol. The molecule has 36 heavy (non-hydrogen) atoms. The molecule has 0 radical (unpaired) electrons. The number of anilines is 1. The number of fused-ring (bicyclic) bond motifs is 1. The monoisotopic (exact) mass is 536 g/mol. The number of nitrogens with one attached hydrogen (secondary N) is 2. The molecule has 0 bridgehead atoms. The van der Waals surface area contributed by atoms with Crippen LogP contribution in [0.3, 0.4) is 0 Å². The average Bonchev–Trinajstić information content (AvgIpc) is 3.37. The van der Waals surface area contributed by atoms with E-state index in [1.807, 2.05) is 7.05 Å². The van der Waals surface area contributed by atoms with Crippen molar-refractivity contribution in [1.29, 1.82) is 0 Å². The number of carbonyl (C=O) groups is 2. The van der Waals surface area contributed by atoms with Crippen LogP contribution in [-0.2, 0) is 4.79 Å². The molecule has 0 aromatic heterocycles. The zero-order valence-corrected chi connectivity index (χ0v) is 19.7. The Kier molecular flexibility index (Phi) is 7.14. The summed E-state index contributed by atoms with van der Waals surface area (Å²) in [5.41, 5.74) is -0.226. The quantitative estimate of drug-likeness (QED) is 0.563. The molecule has 3 heterocycles. The van der Waals surface area contributed by atoms with Crippen molar-refractivity contribution < 1.29 is 35.9 Å². The lowest BCUT2D eigenvalue weighted by molar-refractivity contribution is -0.136. The van der Waals surface area contributed by atoms with E-state index in [1.165, 1.54) is 5.32 Å². The van der Waals surface area contributed by atoms with Gasteiger partial charge in [-0.1, -0.05) is 11.8 Å². The predicted molar refractivity (Wildman–Crippen MR) is 121 cm³/mol. The fourth-order valence-corrected chi connectivity index (χ4v) is 5.24. The molecule has 1 aromatic rings. The van der Waals surface area contributed by atoms with Crippen molar-refractivity contribution in [1.82, 2.24) is 20.4 Å². The summed E-state index contributed by atoms with van der Waals surface area (Å²) >= 11 is 0.397. The highest BCUT2D eigenvalue weighted by Crippen LogP contribution is 2.47. The van der Waals surface area contributed by atoms with Crippen LogP contribution in [-0.4, -0.2) is 91.6 Å². The number of halogens is 6. The number of carbonyl (C=O) groups excluding carboxylic acids is 2. The summed E-state index contributed by atoms with van der Waals surface area (Å²) < 4.78 is 78.3. The minimum atomic E-state index is -5.03. The lowest BCUT2D eigenvalue weighted by Crippen LogP contribution is -2.44. The normalized spacial score (nSPS) is 22.8.